The Morgan fingerprint density at radius 3 is 2.56 bits per heavy atom. The summed E-state index contributed by atoms with van der Waals surface area (Å²) < 4.78 is 1.40. The van der Waals surface area contributed by atoms with E-state index in [1.165, 1.54) is 10.5 Å². The molecule has 0 atom stereocenters. The van der Waals surface area contributed by atoms with E-state index in [9.17, 15) is 4.79 Å². The fraction of sp³-hybridized carbons (Fsp3) is 0. The summed E-state index contributed by atoms with van der Waals surface area (Å²) in [4.78, 5) is 16.5. The van der Waals surface area contributed by atoms with Gasteiger partial charge in [0.05, 0.1) is 5.69 Å². The first-order chi connectivity index (χ1) is 8.75. The van der Waals surface area contributed by atoms with Gasteiger partial charge in [0.2, 0.25) is 0 Å². The van der Waals surface area contributed by atoms with Crippen LogP contribution in [0.5, 0.6) is 0 Å². The number of aromatic nitrogens is 2. The highest BCUT2D eigenvalue weighted by Crippen LogP contribution is 2.16. The molecule has 2 aromatic heterocycles. The summed E-state index contributed by atoms with van der Waals surface area (Å²) in [6.45, 7) is 0. The fourth-order valence-corrected chi connectivity index (χ4v) is 1.94. The number of rotatable bonds is 1. The van der Waals surface area contributed by atoms with Crippen molar-refractivity contribution in [2.24, 2.45) is 0 Å². The van der Waals surface area contributed by atoms with Crippen molar-refractivity contribution in [2.45, 2.75) is 0 Å². The molecule has 1 aromatic carbocycles. The third kappa shape index (κ3) is 1.64. The van der Waals surface area contributed by atoms with E-state index in [0.29, 0.717) is 17.2 Å². The van der Waals surface area contributed by atoms with Crippen LogP contribution < -0.4 is 11.3 Å². The van der Waals surface area contributed by atoms with Crippen LogP contribution in [0.1, 0.15) is 0 Å². The molecule has 18 heavy (non-hydrogen) atoms. The van der Waals surface area contributed by atoms with Crippen LogP contribution in [0.15, 0.2) is 59.4 Å². The van der Waals surface area contributed by atoms with Gasteiger partial charge in [-0.25, -0.2) is 9.38 Å². The van der Waals surface area contributed by atoms with Gasteiger partial charge in [0.15, 0.2) is 0 Å². The zero-order chi connectivity index (χ0) is 12.5. The minimum absolute atomic E-state index is 0.169. The van der Waals surface area contributed by atoms with Crippen LogP contribution in [0.3, 0.4) is 0 Å². The number of fused-ring (bicyclic) bond motifs is 1. The van der Waals surface area contributed by atoms with Gasteiger partial charge in [0, 0.05) is 11.6 Å². The maximum absolute atomic E-state index is 12.0. The second-order valence-corrected chi connectivity index (χ2v) is 3.99. The number of hydrogen-bond acceptors (Lipinski definition) is 3. The summed E-state index contributed by atoms with van der Waals surface area (Å²) in [6.07, 6.45) is 0. The summed E-state index contributed by atoms with van der Waals surface area (Å²) in [5, 5.41) is 0. The van der Waals surface area contributed by atoms with E-state index in [-0.39, 0.29) is 5.56 Å². The number of nitrogen functional groups attached to an aromatic ring is 1. The fourth-order valence-electron chi connectivity index (χ4n) is 1.94. The number of hydrogen-bond donors (Lipinski definition) is 1. The van der Waals surface area contributed by atoms with Crippen LogP contribution >= 0.6 is 0 Å². The first-order valence-electron chi connectivity index (χ1n) is 5.59. The first-order valence-corrected chi connectivity index (χ1v) is 5.59. The Hall–Kier alpha value is -2.62. The maximum atomic E-state index is 12.0. The molecule has 0 fully saturated rings. The van der Waals surface area contributed by atoms with E-state index < -0.39 is 0 Å². The highest BCUT2D eigenvalue weighted by atomic mass is 16.1. The average Bonchev–Trinajstić information content (AvgIpc) is 2.39. The van der Waals surface area contributed by atoms with E-state index >= 15 is 0 Å². The first kappa shape index (κ1) is 10.5. The summed E-state index contributed by atoms with van der Waals surface area (Å²) in [5.74, 6) is 0.393. The molecule has 0 bridgehead atoms. The zero-order valence-corrected chi connectivity index (χ0v) is 9.58. The lowest BCUT2D eigenvalue weighted by Gasteiger charge is -2.06. The minimum atomic E-state index is -0.169. The molecule has 0 unspecified atom stereocenters. The molecule has 3 aromatic rings. The van der Waals surface area contributed by atoms with E-state index in [1.807, 2.05) is 30.3 Å². The Morgan fingerprint density at radius 2 is 1.78 bits per heavy atom. The van der Waals surface area contributed by atoms with E-state index in [2.05, 4.69) is 4.98 Å². The number of nitrogens with two attached hydrogens (primary N) is 1. The summed E-state index contributed by atoms with van der Waals surface area (Å²) in [5.41, 5.74) is 7.73. The molecule has 4 nitrogen and oxygen atoms in total. The van der Waals surface area contributed by atoms with Gasteiger partial charge >= 0.3 is 0 Å². The van der Waals surface area contributed by atoms with Gasteiger partial charge in [-0.05, 0) is 12.1 Å². The van der Waals surface area contributed by atoms with Gasteiger partial charge in [-0.3, -0.25) is 4.79 Å². The Labute approximate surface area is 103 Å². The molecule has 0 saturated heterocycles. The van der Waals surface area contributed by atoms with Crippen LogP contribution in [0.4, 0.5) is 5.82 Å². The van der Waals surface area contributed by atoms with Crippen LogP contribution in [0.2, 0.25) is 0 Å². The standard InChI is InChI=1S/C14H11N3O/c15-12-7-4-8-13-16-11(9-14(18)17(12)13)10-5-2-1-3-6-10/h1-9H,15H2. The monoisotopic (exact) mass is 237 g/mol. The minimum Gasteiger partial charge on any atom is -0.385 e. The second kappa shape index (κ2) is 4.00. The van der Waals surface area contributed by atoms with Gasteiger partial charge < -0.3 is 5.73 Å². The molecule has 0 amide bonds. The molecular formula is C14H11N3O. The lowest BCUT2D eigenvalue weighted by atomic mass is 10.1. The van der Waals surface area contributed by atoms with Crippen molar-refractivity contribution < 1.29 is 0 Å². The molecule has 88 valence electrons. The molecule has 2 N–H and O–H groups in total. The number of anilines is 1. The van der Waals surface area contributed by atoms with Crippen molar-refractivity contribution in [2.75, 3.05) is 5.73 Å². The van der Waals surface area contributed by atoms with Crippen molar-refractivity contribution in [3.63, 3.8) is 0 Å². The normalized spacial score (nSPS) is 10.7. The lowest BCUT2D eigenvalue weighted by molar-refractivity contribution is 1.06. The van der Waals surface area contributed by atoms with Gasteiger partial charge in [-0.1, -0.05) is 36.4 Å². The van der Waals surface area contributed by atoms with Gasteiger partial charge in [0.1, 0.15) is 11.5 Å². The largest absolute Gasteiger partial charge is 0.385 e. The zero-order valence-electron chi connectivity index (χ0n) is 9.58. The molecule has 0 saturated carbocycles. The van der Waals surface area contributed by atoms with Crippen molar-refractivity contribution in [3.8, 4) is 11.3 Å². The Balaban J connectivity index is 2.33. The molecule has 0 aliphatic carbocycles. The molecule has 0 aliphatic heterocycles. The van der Waals surface area contributed by atoms with Crippen LogP contribution in [0.25, 0.3) is 16.9 Å². The van der Waals surface area contributed by atoms with Crippen LogP contribution in [-0.2, 0) is 0 Å². The maximum Gasteiger partial charge on any atom is 0.260 e. The Bertz CT molecular complexity index is 763. The lowest BCUT2D eigenvalue weighted by Crippen LogP contribution is -2.17. The number of nitrogens with zero attached hydrogens (tertiary/aromatic N) is 2. The third-order valence-corrected chi connectivity index (χ3v) is 2.78. The van der Waals surface area contributed by atoms with Crippen LogP contribution in [0, 0.1) is 0 Å². The SMILES string of the molecule is Nc1cccc2nc(-c3ccccc3)cc(=O)n12. The van der Waals surface area contributed by atoms with E-state index in [1.54, 1.807) is 18.2 Å². The Morgan fingerprint density at radius 1 is 1.00 bits per heavy atom. The summed E-state index contributed by atoms with van der Waals surface area (Å²) in [7, 11) is 0. The van der Waals surface area contributed by atoms with Crippen molar-refractivity contribution in [1.82, 2.24) is 9.38 Å². The van der Waals surface area contributed by atoms with Crippen LogP contribution in [-0.4, -0.2) is 9.38 Å². The van der Waals surface area contributed by atoms with Crippen molar-refractivity contribution >= 4 is 11.5 Å². The van der Waals surface area contributed by atoms with Gasteiger partial charge in [-0.15, -0.1) is 0 Å². The van der Waals surface area contributed by atoms with Gasteiger partial charge in [-0.2, -0.15) is 0 Å². The Kier molecular flexibility index (Phi) is 2.34. The summed E-state index contributed by atoms with van der Waals surface area (Å²) in [6, 6.07) is 16.3. The van der Waals surface area contributed by atoms with Gasteiger partial charge in [0.25, 0.3) is 5.56 Å². The summed E-state index contributed by atoms with van der Waals surface area (Å²) >= 11 is 0. The average molecular weight is 237 g/mol. The molecule has 0 aliphatic rings. The van der Waals surface area contributed by atoms with E-state index in [4.69, 9.17) is 5.73 Å². The highest BCUT2D eigenvalue weighted by Gasteiger charge is 2.05. The molecule has 3 rings (SSSR count). The molecule has 2 heterocycles. The predicted octanol–water partition coefficient (Wildman–Crippen LogP) is 1.94. The van der Waals surface area contributed by atoms with E-state index in [0.717, 1.165) is 5.56 Å². The molecule has 4 heteroatoms. The number of pyridine rings is 1. The number of benzene rings is 1. The third-order valence-electron chi connectivity index (χ3n) is 2.78. The molecule has 0 radical (unpaired) electrons. The molecule has 0 spiro atoms. The second-order valence-electron chi connectivity index (χ2n) is 3.99. The molecular weight excluding hydrogens is 226 g/mol. The highest BCUT2D eigenvalue weighted by molar-refractivity contribution is 5.62. The topological polar surface area (TPSA) is 60.4 Å². The predicted molar refractivity (Wildman–Crippen MR) is 71.3 cm³/mol. The quantitative estimate of drug-likeness (QED) is 0.703. The van der Waals surface area contributed by atoms with Crippen molar-refractivity contribution in [3.05, 3.63) is 65.0 Å². The van der Waals surface area contributed by atoms with Crippen molar-refractivity contribution in [1.29, 1.82) is 0 Å². The smallest absolute Gasteiger partial charge is 0.260 e.